The van der Waals surface area contributed by atoms with Crippen molar-refractivity contribution >= 4 is 18.1 Å². The average Bonchev–Trinajstić information content (AvgIpc) is 2.28. The Kier molecular flexibility index (Phi) is 5.34. The molecule has 0 aromatic heterocycles. The van der Waals surface area contributed by atoms with Crippen molar-refractivity contribution in [2.45, 2.75) is 6.04 Å². The summed E-state index contributed by atoms with van der Waals surface area (Å²) in [5.74, 6) is -0.620. The van der Waals surface area contributed by atoms with Crippen molar-refractivity contribution < 1.29 is 15.1 Å². The van der Waals surface area contributed by atoms with Crippen LogP contribution in [0.15, 0.2) is 12.1 Å². The van der Waals surface area contributed by atoms with Gasteiger partial charge in [0.1, 0.15) is 0 Å². The van der Waals surface area contributed by atoms with Gasteiger partial charge in [0.2, 0.25) is 0 Å². The van der Waals surface area contributed by atoms with Gasteiger partial charge in [-0.1, -0.05) is 0 Å². The summed E-state index contributed by atoms with van der Waals surface area (Å²) in [6.07, 6.45) is 0. The molecule has 1 rings (SSSR count). The predicted molar refractivity (Wildman–Crippen MR) is 60.7 cm³/mol. The molecular formula is C9H10ClN3O4. The Bertz CT molecular complexity index is 472. The van der Waals surface area contributed by atoms with E-state index in [0.29, 0.717) is 0 Å². The highest BCUT2D eigenvalue weighted by molar-refractivity contribution is 5.85. The summed E-state index contributed by atoms with van der Waals surface area (Å²) in [4.78, 5) is 9.77. The number of rotatable bonds is 3. The van der Waals surface area contributed by atoms with Gasteiger partial charge in [-0.15, -0.1) is 12.4 Å². The van der Waals surface area contributed by atoms with Crippen molar-refractivity contribution in [1.82, 2.24) is 0 Å². The first-order chi connectivity index (χ1) is 7.51. The third-order valence-corrected chi connectivity index (χ3v) is 2.04. The van der Waals surface area contributed by atoms with Gasteiger partial charge >= 0.3 is 5.69 Å². The molecule has 17 heavy (non-hydrogen) atoms. The Morgan fingerprint density at radius 1 is 1.59 bits per heavy atom. The average molecular weight is 260 g/mol. The van der Waals surface area contributed by atoms with E-state index in [1.807, 2.05) is 0 Å². The molecule has 0 bridgehead atoms. The third-order valence-electron chi connectivity index (χ3n) is 2.04. The Balaban J connectivity index is 0.00000256. The molecule has 92 valence electrons. The van der Waals surface area contributed by atoms with Gasteiger partial charge in [0.15, 0.2) is 5.75 Å². The van der Waals surface area contributed by atoms with Crippen LogP contribution in [-0.2, 0) is 0 Å². The molecule has 0 saturated heterocycles. The number of phenolic OH excluding ortho intramolecular Hbond substituents is 1. The minimum absolute atomic E-state index is 0. The lowest BCUT2D eigenvalue weighted by Gasteiger charge is -2.10. The maximum Gasteiger partial charge on any atom is 0.312 e. The first kappa shape index (κ1) is 15.1. The van der Waals surface area contributed by atoms with Gasteiger partial charge in [0.05, 0.1) is 29.2 Å². The van der Waals surface area contributed by atoms with Gasteiger partial charge in [0.25, 0.3) is 0 Å². The second kappa shape index (κ2) is 6.00. The topological polar surface area (TPSA) is 133 Å². The highest BCUT2D eigenvalue weighted by Crippen LogP contribution is 2.33. The number of hydrogen-bond donors (Lipinski definition) is 3. The van der Waals surface area contributed by atoms with E-state index in [2.05, 4.69) is 0 Å². The van der Waals surface area contributed by atoms with Crippen LogP contribution >= 0.6 is 12.4 Å². The number of benzene rings is 1. The minimum atomic E-state index is -0.966. The number of halogens is 1. The number of aromatic hydroxyl groups is 1. The molecule has 0 aliphatic carbocycles. The summed E-state index contributed by atoms with van der Waals surface area (Å²) in [7, 11) is 0. The summed E-state index contributed by atoms with van der Waals surface area (Å²) >= 11 is 0. The number of aliphatic hydroxyl groups excluding tert-OH is 1. The molecule has 0 spiro atoms. The van der Waals surface area contributed by atoms with Crippen molar-refractivity contribution in [3.63, 3.8) is 0 Å². The molecule has 0 heterocycles. The number of nitro benzene ring substituents is 1. The van der Waals surface area contributed by atoms with Crippen LogP contribution in [0.2, 0.25) is 0 Å². The van der Waals surface area contributed by atoms with E-state index in [9.17, 15) is 15.2 Å². The molecular weight excluding hydrogens is 250 g/mol. The zero-order valence-corrected chi connectivity index (χ0v) is 9.35. The second-order valence-electron chi connectivity index (χ2n) is 3.09. The maximum absolute atomic E-state index is 10.6. The molecule has 7 nitrogen and oxygen atoms in total. The quantitative estimate of drug-likeness (QED) is 0.537. The number of phenols is 1. The van der Waals surface area contributed by atoms with Crippen LogP contribution in [0.1, 0.15) is 17.2 Å². The van der Waals surface area contributed by atoms with Crippen molar-refractivity contribution in [3.05, 3.63) is 33.4 Å². The van der Waals surface area contributed by atoms with Gasteiger partial charge in [-0.05, 0) is 6.07 Å². The van der Waals surface area contributed by atoms with Gasteiger partial charge in [-0.2, -0.15) is 5.26 Å². The van der Waals surface area contributed by atoms with Gasteiger partial charge in [0, 0.05) is 11.6 Å². The van der Waals surface area contributed by atoms with E-state index in [4.69, 9.17) is 16.1 Å². The highest BCUT2D eigenvalue weighted by atomic mass is 35.5. The molecule has 0 amide bonds. The largest absolute Gasteiger partial charge is 0.502 e. The molecule has 0 saturated carbocycles. The molecule has 8 heteroatoms. The summed E-state index contributed by atoms with van der Waals surface area (Å²) in [5, 5.41) is 37.6. The van der Waals surface area contributed by atoms with Crippen molar-refractivity contribution in [3.8, 4) is 11.8 Å². The van der Waals surface area contributed by atoms with Crippen LogP contribution in [0, 0.1) is 21.4 Å². The number of nitrogens with zero attached hydrogens (tertiary/aromatic N) is 2. The van der Waals surface area contributed by atoms with E-state index in [1.165, 1.54) is 6.07 Å². The SMILES string of the molecule is Cl.N#Cc1cc([C@@H](N)CO)c(O)c([N+](=O)[O-])c1. The molecule has 0 unspecified atom stereocenters. The van der Waals surface area contributed by atoms with Crippen molar-refractivity contribution in [2.24, 2.45) is 5.73 Å². The molecule has 0 aliphatic rings. The van der Waals surface area contributed by atoms with E-state index in [-0.39, 0.29) is 23.5 Å². The van der Waals surface area contributed by atoms with E-state index in [1.54, 1.807) is 6.07 Å². The molecule has 0 radical (unpaired) electrons. The van der Waals surface area contributed by atoms with Gasteiger partial charge < -0.3 is 15.9 Å². The number of hydrogen-bond acceptors (Lipinski definition) is 6. The zero-order valence-electron chi connectivity index (χ0n) is 8.53. The standard InChI is InChI=1S/C9H9N3O4.ClH/c10-3-5-1-6(7(11)4-13)9(14)8(2-5)12(15)16;/h1-2,7,13-14H,4,11H2;1H/t7-;/m0./s1. The fourth-order valence-electron chi connectivity index (χ4n) is 1.23. The first-order valence-corrected chi connectivity index (χ1v) is 4.29. The molecule has 4 N–H and O–H groups in total. The van der Waals surface area contributed by atoms with Crippen LogP contribution in [-0.4, -0.2) is 21.7 Å². The molecule has 0 fully saturated rings. The monoisotopic (exact) mass is 259 g/mol. The minimum Gasteiger partial charge on any atom is -0.502 e. The molecule has 1 aromatic carbocycles. The number of nitriles is 1. The maximum atomic E-state index is 10.6. The van der Waals surface area contributed by atoms with Crippen LogP contribution in [0.5, 0.6) is 5.75 Å². The van der Waals surface area contributed by atoms with Crippen LogP contribution in [0.3, 0.4) is 0 Å². The van der Waals surface area contributed by atoms with Crippen LogP contribution in [0.4, 0.5) is 5.69 Å². The fourth-order valence-corrected chi connectivity index (χ4v) is 1.23. The number of aliphatic hydroxyl groups is 1. The van der Waals surface area contributed by atoms with E-state index >= 15 is 0 Å². The van der Waals surface area contributed by atoms with Crippen LogP contribution in [0.25, 0.3) is 0 Å². The lowest BCUT2D eigenvalue weighted by Crippen LogP contribution is -2.15. The summed E-state index contributed by atoms with van der Waals surface area (Å²) < 4.78 is 0. The predicted octanol–water partition coefficient (Wildman–Crippen LogP) is 0.586. The number of nitro groups is 1. The van der Waals surface area contributed by atoms with Crippen molar-refractivity contribution in [2.75, 3.05) is 6.61 Å². The smallest absolute Gasteiger partial charge is 0.312 e. The molecule has 0 aliphatic heterocycles. The van der Waals surface area contributed by atoms with E-state index in [0.717, 1.165) is 6.07 Å². The fraction of sp³-hybridized carbons (Fsp3) is 0.222. The first-order valence-electron chi connectivity index (χ1n) is 4.29. The van der Waals surface area contributed by atoms with Crippen LogP contribution < -0.4 is 5.73 Å². The second-order valence-corrected chi connectivity index (χ2v) is 3.09. The Morgan fingerprint density at radius 2 is 2.18 bits per heavy atom. The Labute approximate surface area is 103 Å². The zero-order chi connectivity index (χ0) is 12.3. The summed E-state index contributed by atoms with van der Waals surface area (Å²) in [5.41, 5.74) is 4.83. The number of nitrogens with two attached hydrogens (primary N) is 1. The van der Waals surface area contributed by atoms with Crippen molar-refractivity contribution in [1.29, 1.82) is 5.26 Å². The summed E-state index contributed by atoms with van der Waals surface area (Å²) in [6, 6.07) is 2.91. The Morgan fingerprint density at radius 3 is 2.59 bits per heavy atom. The Hall–Kier alpha value is -1.88. The summed E-state index contributed by atoms with van der Waals surface area (Å²) in [6.45, 7) is -0.487. The molecule has 1 atom stereocenters. The van der Waals surface area contributed by atoms with Gasteiger partial charge in [-0.25, -0.2) is 0 Å². The lowest BCUT2D eigenvalue weighted by atomic mass is 10.0. The molecule has 1 aromatic rings. The highest BCUT2D eigenvalue weighted by Gasteiger charge is 2.22. The third kappa shape index (κ3) is 3.04. The van der Waals surface area contributed by atoms with Gasteiger partial charge in [-0.3, -0.25) is 10.1 Å². The van der Waals surface area contributed by atoms with E-state index < -0.39 is 29.0 Å². The lowest BCUT2D eigenvalue weighted by molar-refractivity contribution is -0.386. The normalized spacial score (nSPS) is 11.1.